The van der Waals surface area contributed by atoms with E-state index in [1.807, 2.05) is 23.6 Å². The van der Waals surface area contributed by atoms with E-state index in [2.05, 4.69) is 17.0 Å². The standard InChI is InChI=1S/C19H26FN5O/c1-4-16-14(2)22-25(15(16)3)13-18(26)23-9-6-10-24(12-11-23)19-17(20)7-5-8-21-19/h5,7-8H,4,6,9-13H2,1-3H3. The first-order valence-corrected chi connectivity index (χ1v) is 9.17. The molecule has 0 bridgehead atoms. The topological polar surface area (TPSA) is 54.3 Å². The summed E-state index contributed by atoms with van der Waals surface area (Å²) in [6.07, 6.45) is 3.31. The van der Waals surface area contributed by atoms with Crippen molar-refractivity contribution in [3.63, 3.8) is 0 Å². The van der Waals surface area contributed by atoms with E-state index in [0.29, 0.717) is 32.0 Å². The van der Waals surface area contributed by atoms with E-state index in [1.54, 1.807) is 16.9 Å². The molecule has 3 heterocycles. The molecule has 0 aliphatic carbocycles. The number of carbonyl (C=O) groups excluding carboxylic acids is 1. The number of aryl methyl sites for hydroxylation is 1. The van der Waals surface area contributed by atoms with Crippen LogP contribution in [0.25, 0.3) is 0 Å². The lowest BCUT2D eigenvalue weighted by molar-refractivity contribution is -0.131. The molecule has 0 atom stereocenters. The third-order valence-corrected chi connectivity index (χ3v) is 5.06. The smallest absolute Gasteiger partial charge is 0.244 e. The second kappa shape index (κ2) is 7.85. The van der Waals surface area contributed by atoms with Gasteiger partial charge in [0.25, 0.3) is 0 Å². The summed E-state index contributed by atoms with van der Waals surface area (Å²) in [5.41, 5.74) is 3.27. The van der Waals surface area contributed by atoms with Crippen molar-refractivity contribution in [3.8, 4) is 0 Å². The Morgan fingerprint density at radius 3 is 2.73 bits per heavy atom. The van der Waals surface area contributed by atoms with Crippen LogP contribution in [0.3, 0.4) is 0 Å². The first-order chi connectivity index (χ1) is 12.5. The molecule has 26 heavy (non-hydrogen) atoms. The molecule has 3 rings (SSSR count). The van der Waals surface area contributed by atoms with Crippen molar-refractivity contribution in [2.75, 3.05) is 31.1 Å². The van der Waals surface area contributed by atoms with E-state index in [-0.39, 0.29) is 18.3 Å². The lowest BCUT2D eigenvalue weighted by Crippen LogP contribution is -2.37. The molecule has 1 fully saturated rings. The van der Waals surface area contributed by atoms with Gasteiger partial charge in [-0.1, -0.05) is 6.92 Å². The monoisotopic (exact) mass is 359 g/mol. The Morgan fingerprint density at radius 2 is 2.04 bits per heavy atom. The summed E-state index contributed by atoms with van der Waals surface area (Å²) in [6.45, 7) is 8.86. The van der Waals surface area contributed by atoms with Crippen LogP contribution < -0.4 is 4.90 Å². The number of hydrogen-bond acceptors (Lipinski definition) is 4. The van der Waals surface area contributed by atoms with Gasteiger partial charge in [0, 0.05) is 38.1 Å². The maximum atomic E-state index is 14.0. The molecule has 0 unspecified atom stereocenters. The normalized spacial score (nSPS) is 15.2. The zero-order valence-electron chi connectivity index (χ0n) is 15.7. The predicted molar refractivity (Wildman–Crippen MR) is 98.7 cm³/mol. The van der Waals surface area contributed by atoms with Gasteiger partial charge < -0.3 is 9.80 Å². The van der Waals surface area contributed by atoms with E-state index >= 15 is 0 Å². The quantitative estimate of drug-likeness (QED) is 0.841. The minimum atomic E-state index is -0.318. The van der Waals surface area contributed by atoms with Crippen LogP contribution in [0.2, 0.25) is 0 Å². The fourth-order valence-electron chi connectivity index (χ4n) is 3.62. The molecular formula is C19H26FN5O. The van der Waals surface area contributed by atoms with Crippen LogP contribution >= 0.6 is 0 Å². The van der Waals surface area contributed by atoms with Crippen molar-refractivity contribution in [2.45, 2.75) is 40.2 Å². The Balaban J connectivity index is 1.66. The summed E-state index contributed by atoms with van der Waals surface area (Å²) in [5.74, 6) is 0.108. The lowest BCUT2D eigenvalue weighted by Gasteiger charge is -2.23. The summed E-state index contributed by atoms with van der Waals surface area (Å²) in [6, 6.07) is 3.01. The van der Waals surface area contributed by atoms with Crippen LogP contribution in [0.5, 0.6) is 0 Å². The summed E-state index contributed by atoms with van der Waals surface area (Å²) in [5, 5.41) is 4.51. The van der Waals surface area contributed by atoms with Crippen molar-refractivity contribution in [3.05, 3.63) is 41.1 Å². The summed E-state index contributed by atoms with van der Waals surface area (Å²) in [7, 11) is 0. The molecule has 0 spiro atoms. The van der Waals surface area contributed by atoms with E-state index in [1.165, 1.54) is 11.6 Å². The number of pyridine rings is 1. The molecule has 2 aromatic heterocycles. The van der Waals surface area contributed by atoms with Gasteiger partial charge in [-0.25, -0.2) is 9.37 Å². The zero-order valence-corrected chi connectivity index (χ0v) is 15.7. The number of rotatable bonds is 4. The second-order valence-electron chi connectivity index (χ2n) is 6.69. The Bertz CT molecular complexity index is 788. The first-order valence-electron chi connectivity index (χ1n) is 9.17. The first kappa shape index (κ1) is 18.4. The highest BCUT2D eigenvalue weighted by atomic mass is 19.1. The molecule has 140 valence electrons. The van der Waals surface area contributed by atoms with E-state index < -0.39 is 0 Å². The maximum absolute atomic E-state index is 14.0. The van der Waals surface area contributed by atoms with Crippen molar-refractivity contribution >= 4 is 11.7 Å². The third kappa shape index (κ3) is 3.71. The van der Waals surface area contributed by atoms with Crippen LogP contribution in [0.1, 0.15) is 30.3 Å². The fourth-order valence-corrected chi connectivity index (χ4v) is 3.62. The maximum Gasteiger partial charge on any atom is 0.244 e. The number of anilines is 1. The lowest BCUT2D eigenvalue weighted by atomic mass is 10.1. The van der Waals surface area contributed by atoms with E-state index in [9.17, 15) is 9.18 Å². The summed E-state index contributed by atoms with van der Waals surface area (Å²) >= 11 is 0. The SMILES string of the molecule is CCc1c(C)nn(CC(=O)N2CCCN(c3ncccc3F)CC2)c1C. The van der Waals surface area contributed by atoms with Crippen LogP contribution in [-0.2, 0) is 17.8 Å². The second-order valence-corrected chi connectivity index (χ2v) is 6.69. The minimum Gasteiger partial charge on any atom is -0.352 e. The molecule has 6 nitrogen and oxygen atoms in total. The number of nitrogens with zero attached hydrogens (tertiary/aromatic N) is 5. The Kier molecular flexibility index (Phi) is 5.54. The van der Waals surface area contributed by atoms with E-state index in [4.69, 9.17) is 0 Å². The van der Waals surface area contributed by atoms with Gasteiger partial charge in [0.15, 0.2) is 11.6 Å². The molecule has 1 aliphatic heterocycles. The Labute approximate surface area is 153 Å². The van der Waals surface area contributed by atoms with E-state index in [0.717, 1.165) is 24.2 Å². The van der Waals surface area contributed by atoms with Gasteiger partial charge in [0.1, 0.15) is 6.54 Å². The van der Waals surface area contributed by atoms with Gasteiger partial charge in [-0.3, -0.25) is 9.48 Å². The molecule has 0 aromatic carbocycles. The fraction of sp³-hybridized carbons (Fsp3) is 0.526. The van der Waals surface area contributed by atoms with Gasteiger partial charge in [-0.05, 0) is 44.4 Å². The van der Waals surface area contributed by atoms with Crippen molar-refractivity contribution in [1.82, 2.24) is 19.7 Å². The predicted octanol–water partition coefficient (Wildman–Crippen LogP) is 2.34. The summed E-state index contributed by atoms with van der Waals surface area (Å²) < 4.78 is 15.8. The molecule has 1 amide bonds. The highest BCUT2D eigenvalue weighted by Gasteiger charge is 2.22. The van der Waals surface area contributed by atoms with Crippen LogP contribution in [0, 0.1) is 19.7 Å². The number of amides is 1. The third-order valence-electron chi connectivity index (χ3n) is 5.06. The molecule has 0 saturated carbocycles. The molecule has 2 aromatic rings. The molecule has 0 radical (unpaired) electrons. The minimum absolute atomic E-state index is 0.0570. The molecular weight excluding hydrogens is 333 g/mol. The zero-order chi connectivity index (χ0) is 18.7. The highest BCUT2D eigenvalue weighted by molar-refractivity contribution is 5.76. The van der Waals surface area contributed by atoms with Crippen molar-refractivity contribution in [2.24, 2.45) is 0 Å². The van der Waals surface area contributed by atoms with Crippen molar-refractivity contribution < 1.29 is 9.18 Å². The van der Waals surface area contributed by atoms with Gasteiger partial charge in [-0.2, -0.15) is 5.10 Å². The molecule has 0 N–H and O–H groups in total. The van der Waals surface area contributed by atoms with Crippen LogP contribution in [0.15, 0.2) is 18.3 Å². The highest BCUT2D eigenvalue weighted by Crippen LogP contribution is 2.18. The van der Waals surface area contributed by atoms with Gasteiger partial charge >= 0.3 is 0 Å². The summed E-state index contributed by atoms with van der Waals surface area (Å²) in [4.78, 5) is 20.7. The Morgan fingerprint density at radius 1 is 1.23 bits per heavy atom. The number of carbonyl (C=O) groups is 1. The number of halogens is 1. The number of hydrogen-bond donors (Lipinski definition) is 0. The Hall–Kier alpha value is -2.44. The average molecular weight is 359 g/mol. The number of aromatic nitrogens is 3. The molecule has 1 saturated heterocycles. The molecule has 7 heteroatoms. The van der Waals surface area contributed by atoms with Crippen molar-refractivity contribution in [1.29, 1.82) is 0 Å². The van der Waals surface area contributed by atoms with Crippen LogP contribution in [-0.4, -0.2) is 51.8 Å². The van der Waals surface area contributed by atoms with Gasteiger partial charge in [-0.15, -0.1) is 0 Å². The van der Waals surface area contributed by atoms with Gasteiger partial charge in [0.2, 0.25) is 5.91 Å². The average Bonchev–Trinajstić information content (AvgIpc) is 2.80. The van der Waals surface area contributed by atoms with Crippen LogP contribution in [0.4, 0.5) is 10.2 Å². The molecule has 1 aliphatic rings. The largest absolute Gasteiger partial charge is 0.352 e. The van der Waals surface area contributed by atoms with Gasteiger partial charge in [0.05, 0.1) is 5.69 Å².